The molecule has 0 unspecified atom stereocenters. The zero-order valence-electron chi connectivity index (χ0n) is 14.2. The van der Waals surface area contributed by atoms with E-state index in [2.05, 4.69) is 5.32 Å². The number of carbonyl (C=O) groups is 1. The monoisotopic (exact) mass is 351 g/mol. The van der Waals surface area contributed by atoms with Gasteiger partial charge in [-0.05, 0) is 30.2 Å². The van der Waals surface area contributed by atoms with E-state index in [0.717, 1.165) is 18.4 Å². The Morgan fingerprint density at radius 3 is 2.50 bits per heavy atom. The highest BCUT2D eigenvalue weighted by Crippen LogP contribution is 2.42. The van der Waals surface area contributed by atoms with Crippen LogP contribution >= 0.6 is 0 Å². The van der Waals surface area contributed by atoms with Crippen molar-refractivity contribution in [3.8, 4) is 0 Å². The van der Waals surface area contributed by atoms with Crippen molar-refractivity contribution in [1.29, 1.82) is 0 Å². The highest BCUT2D eigenvalue weighted by molar-refractivity contribution is 7.86. The Kier molecular flexibility index (Phi) is 4.94. The van der Waals surface area contributed by atoms with Crippen LogP contribution in [0.5, 0.6) is 0 Å². The van der Waals surface area contributed by atoms with Crippen molar-refractivity contribution in [2.24, 2.45) is 11.8 Å². The highest BCUT2D eigenvalue weighted by Gasteiger charge is 2.46. The van der Waals surface area contributed by atoms with Crippen molar-refractivity contribution < 1.29 is 13.2 Å². The number of hydrogen-bond donors (Lipinski definition) is 1. The van der Waals surface area contributed by atoms with Crippen molar-refractivity contribution in [2.75, 3.05) is 20.1 Å². The molecule has 0 bridgehead atoms. The first-order valence-corrected chi connectivity index (χ1v) is 9.80. The lowest BCUT2D eigenvalue weighted by Gasteiger charge is -2.24. The predicted molar refractivity (Wildman–Crippen MR) is 92.2 cm³/mol. The van der Waals surface area contributed by atoms with E-state index in [1.807, 2.05) is 30.3 Å². The van der Waals surface area contributed by atoms with Crippen LogP contribution in [-0.2, 0) is 21.5 Å². The van der Waals surface area contributed by atoms with Crippen LogP contribution in [0.2, 0.25) is 0 Å². The summed E-state index contributed by atoms with van der Waals surface area (Å²) < 4.78 is 28.7. The largest absolute Gasteiger partial charge is 0.352 e. The van der Waals surface area contributed by atoms with Crippen LogP contribution < -0.4 is 5.32 Å². The Bertz CT molecular complexity index is 688. The molecule has 1 aromatic rings. The molecular weight excluding hydrogens is 326 g/mol. The summed E-state index contributed by atoms with van der Waals surface area (Å²) >= 11 is 0. The first-order valence-electron chi connectivity index (χ1n) is 8.40. The minimum absolute atomic E-state index is 0.0742. The van der Waals surface area contributed by atoms with E-state index in [0.29, 0.717) is 25.6 Å². The van der Waals surface area contributed by atoms with E-state index in [1.54, 1.807) is 7.05 Å². The van der Waals surface area contributed by atoms with Gasteiger partial charge in [0.15, 0.2) is 0 Å². The van der Waals surface area contributed by atoms with Crippen LogP contribution in [0.3, 0.4) is 0 Å². The normalized spacial score (nSPS) is 25.1. The van der Waals surface area contributed by atoms with Gasteiger partial charge < -0.3 is 5.32 Å². The molecule has 1 aliphatic heterocycles. The number of amides is 1. The van der Waals surface area contributed by atoms with Crippen molar-refractivity contribution in [1.82, 2.24) is 13.9 Å². The van der Waals surface area contributed by atoms with Gasteiger partial charge in [-0.15, -0.1) is 0 Å². The molecule has 24 heavy (non-hydrogen) atoms. The SMILES string of the molecule is CC(=O)N[C@H]1CN(S(=O)(=O)N(C)Cc2ccccc2)C[C@@H]1C1CC1. The van der Waals surface area contributed by atoms with Crippen molar-refractivity contribution >= 4 is 16.1 Å². The molecule has 132 valence electrons. The standard InChI is InChI=1S/C17H25N3O3S/c1-13(21)18-17-12-20(11-16(17)15-8-9-15)24(22,23)19(2)10-14-6-4-3-5-7-14/h3-7,15-17H,8-12H2,1-2H3,(H,18,21)/t16-,17+/m1/s1. The summed E-state index contributed by atoms with van der Waals surface area (Å²) in [6.07, 6.45) is 2.27. The molecule has 0 radical (unpaired) electrons. The molecule has 1 N–H and O–H groups in total. The summed E-state index contributed by atoms with van der Waals surface area (Å²) in [5, 5.41) is 2.94. The molecule has 1 heterocycles. The fourth-order valence-corrected chi connectivity index (χ4v) is 4.93. The van der Waals surface area contributed by atoms with E-state index in [-0.39, 0.29) is 17.9 Å². The molecule has 1 saturated carbocycles. The first kappa shape index (κ1) is 17.4. The molecule has 1 saturated heterocycles. The van der Waals surface area contributed by atoms with Gasteiger partial charge in [0.1, 0.15) is 0 Å². The maximum Gasteiger partial charge on any atom is 0.282 e. The average molecular weight is 351 g/mol. The Hall–Kier alpha value is -1.44. The second-order valence-electron chi connectivity index (χ2n) is 6.87. The third kappa shape index (κ3) is 3.79. The topological polar surface area (TPSA) is 69.7 Å². The molecule has 0 aromatic heterocycles. The second kappa shape index (κ2) is 6.82. The van der Waals surface area contributed by atoms with Gasteiger partial charge in [-0.1, -0.05) is 30.3 Å². The summed E-state index contributed by atoms with van der Waals surface area (Å²) in [7, 11) is -1.92. The summed E-state index contributed by atoms with van der Waals surface area (Å²) in [5.74, 6) is 0.679. The van der Waals surface area contributed by atoms with E-state index < -0.39 is 10.2 Å². The van der Waals surface area contributed by atoms with Gasteiger partial charge in [0.05, 0.1) is 0 Å². The lowest BCUT2D eigenvalue weighted by molar-refractivity contribution is -0.119. The highest BCUT2D eigenvalue weighted by atomic mass is 32.2. The Morgan fingerprint density at radius 1 is 1.25 bits per heavy atom. The molecule has 6 nitrogen and oxygen atoms in total. The number of carbonyl (C=O) groups excluding carboxylic acids is 1. The third-order valence-electron chi connectivity index (χ3n) is 4.92. The Balaban J connectivity index is 1.70. The molecular formula is C17H25N3O3S. The second-order valence-corrected chi connectivity index (χ2v) is 8.91. The molecule has 0 spiro atoms. The minimum Gasteiger partial charge on any atom is -0.352 e. The van der Waals surface area contributed by atoms with Crippen molar-refractivity contribution in [3.05, 3.63) is 35.9 Å². The van der Waals surface area contributed by atoms with Gasteiger partial charge in [-0.25, -0.2) is 0 Å². The van der Waals surface area contributed by atoms with Gasteiger partial charge in [0.2, 0.25) is 5.91 Å². The van der Waals surface area contributed by atoms with Gasteiger partial charge in [-0.3, -0.25) is 4.79 Å². The fraction of sp³-hybridized carbons (Fsp3) is 0.588. The number of nitrogens with one attached hydrogen (secondary N) is 1. The quantitative estimate of drug-likeness (QED) is 0.837. The molecule has 7 heteroatoms. The van der Waals surface area contributed by atoms with Crippen LogP contribution in [0.1, 0.15) is 25.3 Å². The number of rotatable bonds is 6. The zero-order chi connectivity index (χ0) is 17.3. The average Bonchev–Trinajstić information content (AvgIpc) is 3.28. The first-order chi connectivity index (χ1) is 11.4. The zero-order valence-corrected chi connectivity index (χ0v) is 15.0. The molecule has 3 rings (SSSR count). The van der Waals surface area contributed by atoms with Gasteiger partial charge in [0.25, 0.3) is 10.2 Å². The smallest absolute Gasteiger partial charge is 0.282 e. The number of benzene rings is 1. The molecule has 1 aliphatic carbocycles. The van der Waals surface area contributed by atoms with E-state index >= 15 is 0 Å². The predicted octanol–water partition coefficient (Wildman–Crippen LogP) is 1.21. The van der Waals surface area contributed by atoms with Gasteiger partial charge in [0, 0.05) is 39.6 Å². The summed E-state index contributed by atoms with van der Waals surface area (Å²) in [4.78, 5) is 11.4. The van der Waals surface area contributed by atoms with E-state index in [9.17, 15) is 13.2 Å². The molecule has 1 amide bonds. The number of nitrogens with zero attached hydrogens (tertiary/aromatic N) is 2. The molecule has 1 aromatic carbocycles. The Morgan fingerprint density at radius 2 is 1.92 bits per heavy atom. The third-order valence-corrected chi connectivity index (χ3v) is 6.78. The molecule has 2 aliphatic rings. The maximum absolute atomic E-state index is 12.9. The Labute approximate surface area is 144 Å². The minimum atomic E-state index is -3.53. The van der Waals surface area contributed by atoms with Gasteiger partial charge in [-0.2, -0.15) is 17.0 Å². The van der Waals surface area contributed by atoms with Crippen molar-refractivity contribution in [2.45, 2.75) is 32.4 Å². The van der Waals surface area contributed by atoms with Crippen LogP contribution in [0, 0.1) is 11.8 Å². The van der Waals surface area contributed by atoms with E-state index in [1.165, 1.54) is 15.5 Å². The fourth-order valence-electron chi connectivity index (χ4n) is 3.52. The van der Waals surface area contributed by atoms with Crippen molar-refractivity contribution in [3.63, 3.8) is 0 Å². The summed E-state index contributed by atoms with van der Waals surface area (Å²) in [6.45, 7) is 2.69. The maximum atomic E-state index is 12.9. The lowest BCUT2D eigenvalue weighted by Crippen LogP contribution is -2.43. The van der Waals surface area contributed by atoms with E-state index in [4.69, 9.17) is 0 Å². The number of hydrogen-bond acceptors (Lipinski definition) is 3. The van der Waals surface area contributed by atoms with Gasteiger partial charge >= 0.3 is 0 Å². The molecule has 2 atom stereocenters. The summed E-state index contributed by atoms with van der Waals surface area (Å²) in [6, 6.07) is 9.49. The lowest BCUT2D eigenvalue weighted by atomic mass is 9.98. The van der Waals surface area contributed by atoms with Crippen LogP contribution in [0.15, 0.2) is 30.3 Å². The van der Waals surface area contributed by atoms with Crippen LogP contribution in [0.25, 0.3) is 0 Å². The van der Waals surface area contributed by atoms with Crippen LogP contribution in [0.4, 0.5) is 0 Å². The molecule has 2 fully saturated rings. The van der Waals surface area contributed by atoms with Crippen LogP contribution in [-0.4, -0.2) is 49.1 Å². The summed E-state index contributed by atoms with van der Waals surface area (Å²) in [5.41, 5.74) is 0.958.